The average molecular weight is 248 g/mol. The van der Waals surface area contributed by atoms with Crippen LogP contribution in [0, 0.1) is 5.41 Å². The zero-order valence-corrected chi connectivity index (χ0v) is 10.7. The predicted molar refractivity (Wildman–Crippen MR) is 69.2 cm³/mol. The van der Waals surface area contributed by atoms with Crippen LogP contribution in [0.5, 0.6) is 0 Å². The van der Waals surface area contributed by atoms with E-state index >= 15 is 0 Å². The lowest BCUT2D eigenvalue weighted by Crippen LogP contribution is -2.45. The SMILES string of the molecule is C[C@@]1(CNC(=O)c2ccncc2)CCCC[C@H]1O. The molecule has 0 aromatic carbocycles. The topological polar surface area (TPSA) is 62.2 Å². The maximum atomic E-state index is 11.9. The van der Waals surface area contributed by atoms with Crippen molar-refractivity contribution in [2.24, 2.45) is 5.41 Å². The number of pyridine rings is 1. The number of carbonyl (C=O) groups is 1. The standard InChI is InChI=1S/C14H20N2O2/c1-14(7-3-2-4-12(14)17)10-16-13(18)11-5-8-15-9-6-11/h5-6,8-9,12,17H,2-4,7,10H2,1H3,(H,16,18)/t12-,14+/m1/s1. The highest BCUT2D eigenvalue weighted by Crippen LogP contribution is 2.35. The van der Waals surface area contributed by atoms with Gasteiger partial charge in [0.15, 0.2) is 0 Å². The van der Waals surface area contributed by atoms with Gasteiger partial charge >= 0.3 is 0 Å². The van der Waals surface area contributed by atoms with Crippen LogP contribution < -0.4 is 5.32 Å². The van der Waals surface area contributed by atoms with Crippen LogP contribution in [0.25, 0.3) is 0 Å². The van der Waals surface area contributed by atoms with Gasteiger partial charge in [-0.1, -0.05) is 19.8 Å². The molecule has 1 aromatic heterocycles. The first kappa shape index (κ1) is 13.0. The van der Waals surface area contributed by atoms with Crippen molar-refractivity contribution in [3.63, 3.8) is 0 Å². The molecule has 1 aliphatic rings. The summed E-state index contributed by atoms with van der Waals surface area (Å²) in [4.78, 5) is 15.8. The minimum atomic E-state index is -0.316. The minimum absolute atomic E-state index is 0.101. The Hall–Kier alpha value is -1.42. The van der Waals surface area contributed by atoms with Crippen molar-refractivity contribution in [3.05, 3.63) is 30.1 Å². The van der Waals surface area contributed by atoms with Crippen LogP contribution >= 0.6 is 0 Å². The second-order valence-electron chi connectivity index (χ2n) is 5.33. The summed E-state index contributed by atoms with van der Waals surface area (Å²) in [6, 6.07) is 3.38. The number of nitrogens with zero attached hydrogens (tertiary/aromatic N) is 1. The number of nitrogens with one attached hydrogen (secondary N) is 1. The van der Waals surface area contributed by atoms with Crippen molar-refractivity contribution in [3.8, 4) is 0 Å². The highest BCUT2D eigenvalue weighted by atomic mass is 16.3. The molecule has 4 nitrogen and oxygen atoms in total. The van der Waals surface area contributed by atoms with E-state index in [-0.39, 0.29) is 17.4 Å². The molecule has 98 valence electrons. The third-order valence-corrected chi connectivity index (χ3v) is 3.88. The second kappa shape index (κ2) is 5.48. The Bertz CT molecular complexity index is 408. The largest absolute Gasteiger partial charge is 0.392 e. The molecule has 0 spiro atoms. The number of hydrogen-bond donors (Lipinski definition) is 2. The first-order valence-electron chi connectivity index (χ1n) is 6.48. The van der Waals surface area contributed by atoms with Gasteiger partial charge in [0.1, 0.15) is 0 Å². The molecule has 1 saturated carbocycles. The molecule has 1 aromatic rings. The van der Waals surface area contributed by atoms with Gasteiger partial charge in [0.25, 0.3) is 5.91 Å². The Kier molecular flexibility index (Phi) is 3.97. The molecule has 0 aliphatic heterocycles. The Morgan fingerprint density at radius 3 is 2.89 bits per heavy atom. The Balaban J connectivity index is 1.93. The summed E-state index contributed by atoms with van der Waals surface area (Å²) >= 11 is 0. The van der Waals surface area contributed by atoms with E-state index in [1.54, 1.807) is 24.5 Å². The van der Waals surface area contributed by atoms with Crippen LogP contribution in [-0.4, -0.2) is 28.6 Å². The van der Waals surface area contributed by atoms with Gasteiger partial charge in [-0.2, -0.15) is 0 Å². The smallest absolute Gasteiger partial charge is 0.251 e. The van der Waals surface area contributed by atoms with Crippen LogP contribution in [0.3, 0.4) is 0 Å². The van der Waals surface area contributed by atoms with Crippen LogP contribution in [-0.2, 0) is 0 Å². The van der Waals surface area contributed by atoms with E-state index < -0.39 is 0 Å². The van der Waals surface area contributed by atoms with Gasteiger partial charge in [-0.3, -0.25) is 9.78 Å². The average Bonchev–Trinajstić information content (AvgIpc) is 2.41. The number of carbonyl (C=O) groups excluding carboxylic acids is 1. The monoisotopic (exact) mass is 248 g/mol. The molecule has 1 amide bonds. The highest BCUT2D eigenvalue weighted by molar-refractivity contribution is 5.93. The van der Waals surface area contributed by atoms with E-state index in [1.165, 1.54) is 0 Å². The molecule has 1 aliphatic carbocycles. The summed E-state index contributed by atoms with van der Waals surface area (Å²) < 4.78 is 0. The number of aromatic nitrogens is 1. The van der Waals surface area contributed by atoms with Crippen molar-refractivity contribution in [1.29, 1.82) is 0 Å². The lowest BCUT2D eigenvalue weighted by molar-refractivity contribution is 0.00190. The van der Waals surface area contributed by atoms with Crippen molar-refractivity contribution in [2.45, 2.75) is 38.7 Å². The number of aliphatic hydroxyl groups is 1. The molecule has 0 bridgehead atoms. The highest BCUT2D eigenvalue weighted by Gasteiger charge is 2.35. The van der Waals surface area contributed by atoms with E-state index in [2.05, 4.69) is 10.3 Å². The quantitative estimate of drug-likeness (QED) is 0.856. The van der Waals surface area contributed by atoms with E-state index in [4.69, 9.17) is 0 Å². The van der Waals surface area contributed by atoms with E-state index in [0.717, 1.165) is 25.7 Å². The van der Waals surface area contributed by atoms with Crippen LogP contribution in [0.4, 0.5) is 0 Å². The fraction of sp³-hybridized carbons (Fsp3) is 0.571. The maximum absolute atomic E-state index is 11.9. The van der Waals surface area contributed by atoms with E-state index in [0.29, 0.717) is 12.1 Å². The van der Waals surface area contributed by atoms with Crippen LogP contribution in [0.15, 0.2) is 24.5 Å². The van der Waals surface area contributed by atoms with E-state index in [1.807, 2.05) is 6.92 Å². The minimum Gasteiger partial charge on any atom is -0.392 e. The summed E-state index contributed by atoms with van der Waals surface area (Å²) in [5.41, 5.74) is 0.417. The first-order chi connectivity index (χ1) is 8.62. The lowest BCUT2D eigenvalue weighted by Gasteiger charge is -2.38. The van der Waals surface area contributed by atoms with Crippen molar-refractivity contribution >= 4 is 5.91 Å². The molecule has 2 atom stereocenters. The Morgan fingerprint density at radius 1 is 1.50 bits per heavy atom. The molecule has 2 rings (SSSR count). The molecule has 18 heavy (non-hydrogen) atoms. The lowest BCUT2D eigenvalue weighted by atomic mass is 9.73. The second-order valence-corrected chi connectivity index (χ2v) is 5.33. The summed E-state index contributed by atoms with van der Waals surface area (Å²) in [5, 5.41) is 13.0. The fourth-order valence-electron chi connectivity index (χ4n) is 2.48. The van der Waals surface area contributed by atoms with Crippen LogP contribution in [0.1, 0.15) is 43.0 Å². The molecule has 1 fully saturated rings. The molecule has 1 heterocycles. The third kappa shape index (κ3) is 2.88. The summed E-state index contributed by atoms with van der Waals surface area (Å²) in [6.07, 6.45) is 6.89. The first-order valence-corrected chi connectivity index (χ1v) is 6.48. The number of rotatable bonds is 3. The van der Waals surface area contributed by atoms with Gasteiger partial charge in [-0.25, -0.2) is 0 Å². The molecule has 2 N–H and O–H groups in total. The molecule has 4 heteroatoms. The zero-order chi connectivity index (χ0) is 13.0. The predicted octanol–water partition coefficient (Wildman–Crippen LogP) is 1.75. The Labute approximate surface area is 107 Å². The van der Waals surface area contributed by atoms with Gasteiger partial charge in [0.05, 0.1) is 6.10 Å². The molecule has 0 unspecified atom stereocenters. The summed E-state index contributed by atoms with van der Waals surface area (Å²) in [5.74, 6) is -0.101. The number of hydrogen-bond acceptors (Lipinski definition) is 3. The van der Waals surface area contributed by atoms with Gasteiger partial charge in [-0.05, 0) is 25.0 Å². The molecular formula is C14H20N2O2. The van der Waals surface area contributed by atoms with Gasteiger partial charge < -0.3 is 10.4 Å². The number of amides is 1. The maximum Gasteiger partial charge on any atom is 0.251 e. The van der Waals surface area contributed by atoms with E-state index in [9.17, 15) is 9.90 Å². The van der Waals surface area contributed by atoms with Gasteiger partial charge in [0.2, 0.25) is 0 Å². The number of aliphatic hydroxyl groups excluding tert-OH is 1. The van der Waals surface area contributed by atoms with Gasteiger partial charge in [0, 0.05) is 29.9 Å². The fourth-order valence-corrected chi connectivity index (χ4v) is 2.48. The third-order valence-electron chi connectivity index (χ3n) is 3.88. The van der Waals surface area contributed by atoms with Crippen molar-refractivity contribution in [2.75, 3.05) is 6.54 Å². The molecule has 0 radical (unpaired) electrons. The summed E-state index contributed by atoms with van der Waals surface area (Å²) in [6.45, 7) is 2.57. The Morgan fingerprint density at radius 2 is 2.22 bits per heavy atom. The molecular weight excluding hydrogens is 228 g/mol. The van der Waals surface area contributed by atoms with Crippen LogP contribution in [0.2, 0.25) is 0 Å². The molecule has 0 saturated heterocycles. The zero-order valence-electron chi connectivity index (χ0n) is 10.7. The van der Waals surface area contributed by atoms with Crippen molar-refractivity contribution in [1.82, 2.24) is 10.3 Å². The summed E-state index contributed by atoms with van der Waals surface area (Å²) in [7, 11) is 0. The van der Waals surface area contributed by atoms with Gasteiger partial charge in [-0.15, -0.1) is 0 Å². The normalized spacial score (nSPS) is 27.8. The van der Waals surface area contributed by atoms with Crippen molar-refractivity contribution < 1.29 is 9.90 Å².